The van der Waals surface area contributed by atoms with E-state index in [0.717, 1.165) is 12.8 Å². The Hall–Kier alpha value is -2.16. The summed E-state index contributed by atoms with van der Waals surface area (Å²) in [6, 6.07) is 30.5. The van der Waals surface area contributed by atoms with Crippen LogP contribution in [0, 0.1) is 0 Å². The van der Waals surface area contributed by atoms with E-state index >= 15 is 0 Å². The second-order valence-electron chi connectivity index (χ2n) is 6.09. The van der Waals surface area contributed by atoms with E-state index in [-0.39, 0.29) is 10.9 Å². The van der Waals surface area contributed by atoms with E-state index in [4.69, 9.17) is 0 Å². The zero-order valence-electron chi connectivity index (χ0n) is 14.5. The van der Waals surface area contributed by atoms with Crippen molar-refractivity contribution in [1.82, 2.24) is 0 Å². The first-order chi connectivity index (χ1) is 12.9. The molecule has 0 N–H and O–H groups in total. The van der Waals surface area contributed by atoms with Crippen LogP contribution < -0.4 is 0 Å². The van der Waals surface area contributed by atoms with Gasteiger partial charge in [0.2, 0.25) is 0 Å². The fourth-order valence-electron chi connectivity index (χ4n) is 2.97. The van der Waals surface area contributed by atoms with E-state index in [0.29, 0.717) is 0 Å². The topological polar surface area (TPSA) is 0 Å². The van der Waals surface area contributed by atoms with Crippen molar-refractivity contribution < 1.29 is 0 Å². The Morgan fingerprint density at radius 3 is 1.88 bits per heavy atom. The molecule has 0 aliphatic heterocycles. The molecule has 1 unspecified atom stereocenters. The lowest BCUT2D eigenvalue weighted by Crippen LogP contribution is -2.07. The number of hydrogen-bond acceptors (Lipinski definition) is 1. The van der Waals surface area contributed by atoms with E-state index in [2.05, 4.69) is 103 Å². The van der Waals surface area contributed by atoms with Crippen LogP contribution in [0.2, 0.25) is 0 Å². The van der Waals surface area contributed by atoms with Crippen LogP contribution in [0.5, 0.6) is 0 Å². The van der Waals surface area contributed by atoms with E-state index in [1.54, 1.807) is 0 Å². The van der Waals surface area contributed by atoms with E-state index in [9.17, 15) is 0 Å². The second kappa shape index (κ2) is 8.48. The molecule has 1 atom stereocenters. The largest absolute Gasteiger partial charge is 0.166 e. The Labute approximate surface area is 163 Å². The number of allylic oxidation sites excluding steroid dienone is 3. The Bertz CT molecular complexity index is 894. The molecule has 1 aliphatic rings. The van der Waals surface area contributed by atoms with Crippen LogP contribution in [0.25, 0.3) is 0 Å². The van der Waals surface area contributed by atoms with Crippen LogP contribution in [0.15, 0.2) is 128 Å². The summed E-state index contributed by atoms with van der Waals surface area (Å²) >= 11 is 1.81. The lowest BCUT2D eigenvalue weighted by atomic mass is 10.2. The van der Waals surface area contributed by atoms with Crippen molar-refractivity contribution in [2.75, 3.05) is 0 Å². The summed E-state index contributed by atoms with van der Waals surface area (Å²) in [5, 5.41) is 0. The van der Waals surface area contributed by atoms with Crippen molar-refractivity contribution in [1.29, 1.82) is 0 Å². The molecular formula is C24H21S2+. The minimum Gasteiger partial charge on any atom is -0.0901 e. The van der Waals surface area contributed by atoms with Crippen molar-refractivity contribution in [3.8, 4) is 0 Å². The van der Waals surface area contributed by atoms with Crippen LogP contribution >= 0.6 is 11.8 Å². The first-order valence-electron chi connectivity index (χ1n) is 8.89. The Morgan fingerprint density at radius 1 is 0.615 bits per heavy atom. The third-order valence-electron chi connectivity index (χ3n) is 4.21. The first-order valence-corrected chi connectivity index (χ1v) is 10.9. The van der Waals surface area contributed by atoms with E-state index in [1.807, 2.05) is 11.8 Å². The summed E-state index contributed by atoms with van der Waals surface area (Å²) < 4.78 is 0. The Balaban J connectivity index is 1.63. The minimum absolute atomic E-state index is 0.0274. The van der Waals surface area contributed by atoms with E-state index in [1.165, 1.54) is 24.5 Å². The quantitative estimate of drug-likeness (QED) is 0.429. The smallest absolute Gasteiger partial charge is 0.0901 e. The van der Waals surface area contributed by atoms with Gasteiger partial charge < -0.3 is 0 Å². The molecule has 0 radical (unpaired) electrons. The molecule has 128 valence electrons. The summed E-state index contributed by atoms with van der Waals surface area (Å²) in [6.45, 7) is 0. The van der Waals surface area contributed by atoms with Gasteiger partial charge in [0.25, 0.3) is 0 Å². The number of benzene rings is 3. The summed E-state index contributed by atoms with van der Waals surface area (Å²) in [4.78, 5) is 6.76. The van der Waals surface area contributed by atoms with Gasteiger partial charge >= 0.3 is 0 Å². The first kappa shape index (κ1) is 17.3. The summed E-state index contributed by atoms with van der Waals surface area (Å²) in [5.74, 6) is 0. The van der Waals surface area contributed by atoms with Gasteiger partial charge in [-0.2, -0.15) is 0 Å². The minimum atomic E-state index is -0.0274. The van der Waals surface area contributed by atoms with Crippen LogP contribution in [-0.2, 0) is 10.9 Å². The molecule has 2 heteroatoms. The highest BCUT2D eigenvalue weighted by Gasteiger charge is 2.29. The van der Waals surface area contributed by atoms with Gasteiger partial charge in [-0.25, -0.2) is 0 Å². The molecule has 0 aromatic heterocycles. The van der Waals surface area contributed by atoms with Gasteiger partial charge in [0, 0.05) is 9.79 Å². The predicted molar refractivity (Wildman–Crippen MR) is 114 cm³/mol. The monoisotopic (exact) mass is 373 g/mol. The van der Waals surface area contributed by atoms with Crippen LogP contribution in [-0.4, -0.2) is 0 Å². The summed E-state index contributed by atoms with van der Waals surface area (Å²) in [5.41, 5.74) is 0. The average Bonchev–Trinajstić information content (AvgIpc) is 2.72. The van der Waals surface area contributed by atoms with Gasteiger partial charge in [-0.15, -0.1) is 0 Å². The van der Waals surface area contributed by atoms with Crippen molar-refractivity contribution >= 4 is 22.7 Å². The molecule has 0 spiro atoms. The van der Waals surface area contributed by atoms with Crippen molar-refractivity contribution in [2.24, 2.45) is 0 Å². The van der Waals surface area contributed by atoms with Gasteiger partial charge in [-0.05, 0) is 73.5 Å². The highest BCUT2D eigenvalue weighted by atomic mass is 32.2. The molecule has 26 heavy (non-hydrogen) atoms. The van der Waals surface area contributed by atoms with Crippen LogP contribution in [0.1, 0.15) is 12.8 Å². The maximum atomic E-state index is 2.41. The zero-order chi connectivity index (χ0) is 17.6. The standard InChI is InChI=1S/C24H21S2/c1-4-10-20(11-5-1)25-21-16-18-24(19-17-21)26(22-12-6-2-7-13-22)23-14-8-3-9-15-23/h1-2,4-8,10-19H,3,9H2/q+1. The fourth-order valence-corrected chi connectivity index (χ4v) is 5.98. The summed E-state index contributed by atoms with van der Waals surface area (Å²) in [6.07, 6.45) is 9.32. The Morgan fingerprint density at radius 2 is 1.23 bits per heavy atom. The van der Waals surface area contributed by atoms with E-state index < -0.39 is 0 Å². The normalized spacial score (nSPS) is 14.7. The number of hydrogen-bond donors (Lipinski definition) is 0. The molecule has 4 rings (SSSR count). The predicted octanol–water partition coefficient (Wildman–Crippen LogP) is 7.11. The zero-order valence-corrected chi connectivity index (χ0v) is 16.2. The molecule has 0 nitrogen and oxygen atoms in total. The van der Waals surface area contributed by atoms with Gasteiger partial charge in [0.1, 0.15) is 0 Å². The highest BCUT2D eigenvalue weighted by molar-refractivity contribution is 8.01. The van der Waals surface area contributed by atoms with Gasteiger partial charge in [0.15, 0.2) is 14.7 Å². The molecule has 3 aromatic carbocycles. The molecular weight excluding hydrogens is 352 g/mol. The third-order valence-corrected chi connectivity index (χ3v) is 7.49. The van der Waals surface area contributed by atoms with Crippen LogP contribution in [0.4, 0.5) is 0 Å². The molecule has 0 heterocycles. The SMILES string of the molecule is C1=CC([S+](c2ccccc2)c2ccc(Sc3ccccc3)cc2)=CCC1. The maximum Gasteiger partial charge on any atom is 0.166 e. The second-order valence-corrected chi connectivity index (χ2v) is 9.27. The molecule has 0 bridgehead atoms. The Kier molecular flexibility index (Phi) is 5.63. The highest BCUT2D eigenvalue weighted by Crippen LogP contribution is 2.35. The van der Waals surface area contributed by atoms with Gasteiger partial charge in [0.05, 0.1) is 10.9 Å². The lowest BCUT2D eigenvalue weighted by Gasteiger charge is -2.11. The molecule has 0 amide bonds. The number of rotatable bonds is 5. The molecule has 3 aromatic rings. The van der Waals surface area contributed by atoms with Crippen LogP contribution in [0.3, 0.4) is 0 Å². The van der Waals surface area contributed by atoms with Crippen molar-refractivity contribution in [3.05, 3.63) is 108 Å². The maximum absolute atomic E-state index is 2.41. The van der Waals surface area contributed by atoms with Gasteiger partial charge in [-0.3, -0.25) is 0 Å². The summed E-state index contributed by atoms with van der Waals surface area (Å²) in [7, 11) is -0.0274. The molecule has 1 aliphatic carbocycles. The molecule has 0 fully saturated rings. The molecule has 0 saturated carbocycles. The van der Waals surface area contributed by atoms with Crippen molar-refractivity contribution in [2.45, 2.75) is 32.4 Å². The van der Waals surface area contributed by atoms with Gasteiger partial charge in [-0.1, -0.05) is 54.2 Å². The fraction of sp³-hybridized carbons (Fsp3) is 0.0833. The average molecular weight is 374 g/mol. The third kappa shape index (κ3) is 4.14. The molecule has 0 saturated heterocycles. The van der Waals surface area contributed by atoms with Crippen molar-refractivity contribution in [3.63, 3.8) is 0 Å². The lowest BCUT2D eigenvalue weighted by molar-refractivity contribution is 1.03.